The molecule has 1 aliphatic heterocycles. The summed E-state index contributed by atoms with van der Waals surface area (Å²) in [5.74, 6) is 0.344. The molecule has 0 unspecified atom stereocenters. The van der Waals surface area contributed by atoms with Crippen LogP contribution in [0, 0.1) is 5.82 Å². The fourth-order valence-electron chi connectivity index (χ4n) is 3.22. The van der Waals surface area contributed by atoms with Crippen LogP contribution in [0.15, 0.2) is 53.7 Å². The van der Waals surface area contributed by atoms with Crippen LogP contribution in [0.1, 0.15) is 12.8 Å². The molecule has 1 atom stereocenters. The Bertz CT molecular complexity index is 1000. The quantitative estimate of drug-likeness (QED) is 0.535. The topological polar surface area (TPSA) is 69.0 Å². The Morgan fingerprint density at radius 1 is 1.20 bits per heavy atom. The van der Waals surface area contributed by atoms with Crippen LogP contribution in [-0.4, -0.2) is 39.1 Å². The van der Waals surface area contributed by atoms with E-state index in [1.54, 1.807) is 36.4 Å². The number of amides is 1. The Morgan fingerprint density at radius 3 is 2.67 bits per heavy atom. The van der Waals surface area contributed by atoms with E-state index in [0.717, 1.165) is 25.0 Å². The molecule has 1 aromatic heterocycles. The maximum Gasteiger partial charge on any atom is 0.234 e. The van der Waals surface area contributed by atoms with Crippen molar-refractivity contribution >= 4 is 35.0 Å². The van der Waals surface area contributed by atoms with Crippen molar-refractivity contribution in [3.63, 3.8) is 0 Å². The fourth-order valence-corrected chi connectivity index (χ4v) is 4.10. The van der Waals surface area contributed by atoms with Gasteiger partial charge in [0.05, 0.1) is 18.4 Å². The van der Waals surface area contributed by atoms with Crippen LogP contribution in [-0.2, 0) is 16.1 Å². The summed E-state index contributed by atoms with van der Waals surface area (Å²) in [6.45, 7) is 1.32. The average Bonchev–Trinajstić information content (AvgIpc) is 3.39. The van der Waals surface area contributed by atoms with Gasteiger partial charge in [0.15, 0.2) is 11.0 Å². The Hall–Kier alpha value is -2.42. The van der Waals surface area contributed by atoms with Crippen LogP contribution in [0.5, 0.6) is 0 Å². The largest absolute Gasteiger partial charge is 0.376 e. The number of nitrogens with one attached hydrogen (secondary N) is 1. The van der Waals surface area contributed by atoms with Gasteiger partial charge in [-0.05, 0) is 61.4 Å². The van der Waals surface area contributed by atoms with Gasteiger partial charge in [-0.1, -0.05) is 23.4 Å². The number of carbonyl (C=O) groups is 1. The molecule has 1 amide bonds. The molecule has 30 heavy (non-hydrogen) atoms. The Balaban J connectivity index is 1.49. The van der Waals surface area contributed by atoms with Crippen LogP contribution in [0.2, 0.25) is 5.02 Å². The molecule has 1 saturated heterocycles. The minimum atomic E-state index is -0.308. The van der Waals surface area contributed by atoms with E-state index >= 15 is 0 Å². The minimum absolute atomic E-state index is 0.0717. The Morgan fingerprint density at radius 2 is 1.97 bits per heavy atom. The van der Waals surface area contributed by atoms with E-state index in [-0.39, 0.29) is 23.6 Å². The molecule has 156 valence electrons. The third-order valence-corrected chi connectivity index (χ3v) is 5.91. The highest BCUT2D eigenvalue weighted by molar-refractivity contribution is 7.99. The molecule has 1 aliphatic rings. The maximum absolute atomic E-state index is 13.3. The smallest absolute Gasteiger partial charge is 0.234 e. The molecule has 4 rings (SSSR count). The Kier molecular flexibility index (Phi) is 6.66. The minimum Gasteiger partial charge on any atom is -0.376 e. The van der Waals surface area contributed by atoms with Gasteiger partial charge in [-0.25, -0.2) is 4.39 Å². The summed E-state index contributed by atoms with van der Waals surface area (Å²) in [4.78, 5) is 12.4. The molecule has 9 heteroatoms. The standard InChI is InChI=1S/C21H20ClFN4O2S/c22-15-5-9-17(10-6-15)24-19(28)13-30-21-26-25-20(14-3-7-16(23)8-4-14)27(21)12-18-2-1-11-29-18/h3-10,18H,1-2,11-13H2,(H,24,28)/t18-/m1/s1. The van der Waals surface area contributed by atoms with Gasteiger partial charge in [-0.3, -0.25) is 9.36 Å². The van der Waals surface area contributed by atoms with E-state index in [4.69, 9.17) is 16.3 Å². The number of thioether (sulfide) groups is 1. The predicted molar refractivity (Wildman–Crippen MR) is 115 cm³/mol. The lowest BCUT2D eigenvalue weighted by molar-refractivity contribution is -0.113. The summed E-state index contributed by atoms with van der Waals surface area (Å²) in [5.41, 5.74) is 1.44. The average molecular weight is 447 g/mol. The van der Waals surface area contributed by atoms with Crippen molar-refractivity contribution in [1.29, 1.82) is 0 Å². The lowest BCUT2D eigenvalue weighted by Crippen LogP contribution is -2.18. The lowest BCUT2D eigenvalue weighted by Gasteiger charge is -2.14. The van der Waals surface area contributed by atoms with Gasteiger partial charge in [-0.15, -0.1) is 10.2 Å². The van der Waals surface area contributed by atoms with Gasteiger partial charge in [-0.2, -0.15) is 0 Å². The van der Waals surface area contributed by atoms with Crippen molar-refractivity contribution in [3.05, 3.63) is 59.4 Å². The first-order valence-electron chi connectivity index (χ1n) is 9.57. The predicted octanol–water partition coefficient (Wildman–Crippen LogP) is 4.65. The van der Waals surface area contributed by atoms with Crippen molar-refractivity contribution < 1.29 is 13.9 Å². The summed E-state index contributed by atoms with van der Waals surface area (Å²) in [7, 11) is 0. The second kappa shape index (κ2) is 9.59. The number of anilines is 1. The van der Waals surface area contributed by atoms with Gasteiger partial charge in [0.2, 0.25) is 5.91 Å². The van der Waals surface area contributed by atoms with E-state index in [9.17, 15) is 9.18 Å². The highest BCUT2D eigenvalue weighted by Gasteiger charge is 2.22. The highest BCUT2D eigenvalue weighted by atomic mass is 35.5. The molecule has 1 N–H and O–H groups in total. The van der Waals surface area contributed by atoms with E-state index in [0.29, 0.717) is 28.2 Å². The monoisotopic (exact) mass is 446 g/mol. The van der Waals surface area contributed by atoms with Crippen LogP contribution in [0.3, 0.4) is 0 Å². The van der Waals surface area contributed by atoms with Crippen molar-refractivity contribution in [2.24, 2.45) is 0 Å². The molecule has 1 fully saturated rings. The van der Waals surface area contributed by atoms with Crippen molar-refractivity contribution in [2.45, 2.75) is 30.6 Å². The Labute approximate surface area is 182 Å². The molecule has 0 spiro atoms. The van der Waals surface area contributed by atoms with E-state index in [2.05, 4.69) is 15.5 Å². The van der Waals surface area contributed by atoms with Crippen LogP contribution < -0.4 is 5.32 Å². The van der Waals surface area contributed by atoms with Crippen LogP contribution >= 0.6 is 23.4 Å². The molecule has 2 heterocycles. The summed E-state index contributed by atoms with van der Waals surface area (Å²) >= 11 is 7.17. The number of rotatable bonds is 7. The van der Waals surface area contributed by atoms with Crippen LogP contribution in [0.4, 0.5) is 10.1 Å². The number of carbonyl (C=O) groups excluding carboxylic acids is 1. The molecule has 0 saturated carbocycles. The number of nitrogens with zero attached hydrogens (tertiary/aromatic N) is 3. The number of benzene rings is 2. The molecule has 0 radical (unpaired) electrons. The lowest BCUT2D eigenvalue weighted by atomic mass is 10.2. The second-order valence-electron chi connectivity index (χ2n) is 6.90. The first-order valence-corrected chi connectivity index (χ1v) is 10.9. The third kappa shape index (κ3) is 5.19. The second-order valence-corrected chi connectivity index (χ2v) is 8.28. The van der Waals surface area contributed by atoms with Gasteiger partial charge < -0.3 is 10.1 Å². The first-order chi connectivity index (χ1) is 14.6. The fraction of sp³-hybridized carbons (Fsp3) is 0.286. The van der Waals surface area contributed by atoms with Crippen molar-refractivity contribution in [3.8, 4) is 11.4 Å². The molecular formula is C21H20ClFN4O2S. The zero-order valence-corrected chi connectivity index (χ0v) is 17.6. The SMILES string of the molecule is O=C(CSc1nnc(-c2ccc(F)cc2)n1C[C@H]1CCCO1)Nc1ccc(Cl)cc1. The van der Waals surface area contributed by atoms with Gasteiger partial charge in [0.1, 0.15) is 5.82 Å². The third-order valence-electron chi connectivity index (χ3n) is 4.69. The zero-order chi connectivity index (χ0) is 20.9. The van der Waals surface area contributed by atoms with Gasteiger partial charge in [0.25, 0.3) is 0 Å². The highest BCUT2D eigenvalue weighted by Crippen LogP contribution is 2.27. The van der Waals surface area contributed by atoms with Crippen molar-refractivity contribution in [1.82, 2.24) is 14.8 Å². The van der Waals surface area contributed by atoms with E-state index in [1.807, 2.05) is 4.57 Å². The molecule has 6 nitrogen and oxygen atoms in total. The normalized spacial score (nSPS) is 16.0. The molecular weight excluding hydrogens is 427 g/mol. The number of hydrogen-bond acceptors (Lipinski definition) is 5. The number of hydrogen-bond donors (Lipinski definition) is 1. The number of halogens is 2. The number of ether oxygens (including phenoxy) is 1. The molecule has 0 aliphatic carbocycles. The first kappa shape index (κ1) is 20.8. The summed E-state index contributed by atoms with van der Waals surface area (Å²) in [6, 6.07) is 13.1. The molecule has 0 bridgehead atoms. The number of aromatic nitrogens is 3. The summed E-state index contributed by atoms with van der Waals surface area (Å²) < 4.78 is 21.0. The van der Waals surface area contributed by atoms with E-state index < -0.39 is 0 Å². The van der Waals surface area contributed by atoms with E-state index in [1.165, 1.54) is 23.9 Å². The molecule has 3 aromatic rings. The maximum atomic E-state index is 13.3. The molecule has 2 aromatic carbocycles. The van der Waals surface area contributed by atoms with Gasteiger partial charge in [0, 0.05) is 22.9 Å². The van der Waals surface area contributed by atoms with Gasteiger partial charge >= 0.3 is 0 Å². The summed E-state index contributed by atoms with van der Waals surface area (Å²) in [5, 5.41) is 12.6. The van der Waals surface area contributed by atoms with Crippen LogP contribution in [0.25, 0.3) is 11.4 Å². The van der Waals surface area contributed by atoms with Crippen molar-refractivity contribution in [2.75, 3.05) is 17.7 Å². The summed E-state index contributed by atoms with van der Waals surface area (Å²) in [6.07, 6.45) is 2.05. The zero-order valence-electron chi connectivity index (χ0n) is 16.1.